The van der Waals surface area contributed by atoms with Crippen molar-refractivity contribution >= 4 is 5.91 Å². The Morgan fingerprint density at radius 2 is 2.16 bits per heavy atom. The summed E-state index contributed by atoms with van der Waals surface area (Å²) < 4.78 is 18.8. The topological polar surface area (TPSA) is 29.5 Å². The van der Waals surface area contributed by atoms with Gasteiger partial charge >= 0.3 is 0 Å². The van der Waals surface area contributed by atoms with E-state index in [1.807, 2.05) is 0 Å². The van der Waals surface area contributed by atoms with E-state index in [1.165, 1.54) is 13.2 Å². The van der Waals surface area contributed by atoms with Crippen molar-refractivity contribution in [1.82, 2.24) is 4.90 Å². The van der Waals surface area contributed by atoms with E-state index in [-0.39, 0.29) is 17.8 Å². The van der Waals surface area contributed by atoms with Crippen LogP contribution in [0.5, 0.6) is 0 Å². The van der Waals surface area contributed by atoms with E-state index >= 15 is 0 Å². The Bertz CT molecular complexity index is 446. The fourth-order valence-electron chi connectivity index (χ4n) is 2.23. The molecule has 0 saturated heterocycles. The third-order valence-electron chi connectivity index (χ3n) is 3.80. The summed E-state index contributed by atoms with van der Waals surface area (Å²) >= 11 is 0. The van der Waals surface area contributed by atoms with Crippen LogP contribution < -0.4 is 0 Å². The quantitative estimate of drug-likeness (QED) is 0.819. The lowest BCUT2D eigenvalue weighted by Crippen LogP contribution is -2.47. The molecule has 1 saturated carbocycles. The molecule has 1 fully saturated rings. The molecule has 0 heterocycles. The van der Waals surface area contributed by atoms with Gasteiger partial charge in [0.1, 0.15) is 11.9 Å². The first-order valence-corrected chi connectivity index (χ1v) is 6.70. The lowest BCUT2D eigenvalue weighted by atomic mass is 9.90. The highest BCUT2D eigenvalue weighted by atomic mass is 19.1. The predicted octanol–water partition coefficient (Wildman–Crippen LogP) is 2.74. The maximum Gasteiger partial charge on any atom is 0.251 e. The highest BCUT2D eigenvalue weighted by Gasteiger charge is 2.31. The summed E-state index contributed by atoms with van der Waals surface area (Å²) in [4.78, 5) is 14.1. The number of nitrogens with zero attached hydrogens (tertiary/aromatic N) is 1. The van der Waals surface area contributed by atoms with Gasteiger partial charge in [0.25, 0.3) is 5.91 Å². The molecule has 4 heteroatoms. The smallest absolute Gasteiger partial charge is 0.251 e. The molecule has 19 heavy (non-hydrogen) atoms. The van der Waals surface area contributed by atoms with E-state index in [9.17, 15) is 9.18 Å². The van der Waals surface area contributed by atoms with Gasteiger partial charge in [0.2, 0.25) is 0 Å². The van der Waals surface area contributed by atoms with Gasteiger partial charge in [-0.1, -0.05) is 18.2 Å². The summed E-state index contributed by atoms with van der Waals surface area (Å²) in [5.41, 5.74) is 0.561. The third-order valence-corrected chi connectivity index (χ3v) is 3.80. The number of methoxy groups -OCH3 is 1. The van der Waals surface area contributed by atoms with E-state index in [0.717, 1.165) is 19.3 Å². The van der Waals surface area contributed by atoms with E-state index in [1.54, 1.807) is 30.0 Å². The van der Waals surface area contributed by atoms with Gasteiger partial charge < -0.3 is 9.64 Å². The van der Waals surface area contributed by atoms with Crippen molar-refractivity contribution in [2.75, 3.05) is 7.11 Å². The molecule has 104 valence electrons. The minimum atomic E-state index is -0.479. The average Bonchev–Trinajstić information content (AvgIpc) is 2.36. The van der Waals surface area contributed by atoms with Crippen molar-refractivity contribution in [1.29, 1.82) is 0 Å². The van der Waals surface area contributed by atoms with Gasteiger partial charge in [-0.15, -0.1) is 0 Å². The third kappa shape index (κ3) is 3.13. The molecule has 1 aromatic rings. The molecule has 2 rings (SSSR count). The first kappa shape index (κ1) is 14.0. The second-order valence-corrected chi connectivity index (χ2v) is 5.02. The second-order valence-electron chi connectivity index (χ2n) is 5.02. The Hall–Kier alpha value is -1.42. The molecule has 1 atom stereocenters. The van der Waals surface area contributed by atoms with Crippen molar-refractivity contribution < 1.29 is 13.9 Å². The summed E-state index contributed by atoms with van der Waals surface area (Å²) in [6.07, 6.45) is 2.65. The van der Waals surface area contributed by atoms with Crippen LogP contribution in [-0.4, -0.2) is 30.1 Å². The monoisotopic (exact) mass is 265 g/mol. The summed E-state index contributed by atoms with van der Waals surface area (Å²) in [5, 5.41) is 0. The lowest BCUT2D eigenvalue weighted by Gasteiger charge is -2.38. The molecular weight excluding hydrogens is 245 g/mol. The molecule has 0 bridgehead atoms. The summed E-state index contributed by atoms with van der Waals surface area (Å²) in [7, 11) is 1.52. The first-order valence-electron chi connectivity index (χ1n) is 6.70. The number of amides is 1. The molecule has 1 amide bonds. The number of hydrogen-bond donors (Lipinski definition) is 0. The number of rotatable bonds is 5. The SMILES string of the molecule is CO[C@@H](C)C(=O)N(Cc1ccccc1F)C1CCC1. The number of halogens is 1. The van der Waals surface area contributed by atoms with E-state index in [4.69, 9.17) is 4.74 Å². The fourth-order valence-corrected chi connectivity index (χ4v) is 2.23. The largest absolute Gasteiger partial charge is 0.372 e. The van der Waals surface area contributed by atoms with E-state index in [2.05, 4.69) is 0 Å². The second kappa shape index (κ2) is 6.15. The molecule has 0 N–H and O–H groups in total. The zero-order valence-corrected chi connectivity index (χ0v) is 11.4. The Kier molecular flexibility index (Phi) is 4.53. The molecule has 0 spiro atoms. The molecule has 0 radical (unpaired) electrons. The van der Waals surface area contributed by atoms with Gasteiger partial charge in [-0.25, -0.2) is 4.39 Å². The minimum Gasteiger partial charge on any atom is -0.372 e. The van der Waals surface area contributed by atoms with Gasteiger partial charge in [-0.3, -0.25) is 4.79 Å². The number of ether oxygens (including phenoxy) is 1. The van der Waals surface area contributed by atoms with Crippen LogP contribution in [0.15, 0.2) is 24.3 Å². The number of carbonyl (C=O) groups excluding carboxylic acids is 1. The Labute approximate surface area is 113 Å². The van der Waals surface area contributed by atoms with Gasteiger partial charge in [0, 0.05) is 25.3 Å². The molecule has 0 aliphatic heterocycles. The van der Waals surface area contributed by atoms with E-state index < -0.39 is 6.10 Å². The van der Waals surface area contributed by atoms with Crippen LogP contribution in [0.4, 0.5) is 4.39 Å². The zero-order chi connectivity index (χ0) is 13.8. The standard InChI is InChI=1S/C15H20FNO2/c1-11(19-2)15(18)17(13-7-5-8-13)10-12-6-3-4-9-14(12)16/h3-4,6,9,11,13H,5,7-8,10H2,1-2H3/t11-/m0/s1. The molecule has 1 aliphatic carbocycles. The maximum atomic E-state index is 13.7. The fraction of sp³-hybridized carbons (Fsp3) is 0.533. The highest BCUT2D eigenvalue weighted by molar-refractivity contribution is 5.81. The molecule has 3 nitrogen and oxygen atoms in total. The van der Waals surface area contributed by atoms with Crippen LogP contribution in [0.1, 0.15) is 31.7 Å². The maximum absolute atomic E-state index is 13.7. The summed E-state index contributed by atoms with van der Waals surface area (Å²) in [6, 6.07) is 6.84. The normalized spacial score (nSPS) is 16.8. The van der Waals surface area contributed by atoms with Crippen molar-refractivity contribution in [2.45, 2.75) is 44.9 Å². The van der Waals surface area contributed by atoms with Crippen molar-refractivity contribution in [3.63, 3.8) is 0 Å². The van der Waals surface area contributed by atoms with Crippen LogP contribution in [0.2, 0.25) is 0 Å². The lowest BCUT2D eigenvalue weighted by molar-refractivity contribution is -0.146. The zero-order valence-electron chi connectivity index (χ0n) is 11.4. The van der Waals surface area contributed by atoms with Crippen LogP contribution in [0.3, 0.4) is 0 Å². The molecule has 1 aliphatic rings. The number of carbonyl (C=O) groups is 1. The molecule has 0 aromatic heterocycles. The Morgan fingerprint density at radius 3 is 2.68 bits per heavy atom. The van der Waals surface area contributed by atoms with Crippen LogP contribution in [0.25, 0.3) is 0 Å². The van der Waals surface area contributed by atoms with Gasteiger partial charge in [0.15, 0.2) is 0 Å². The Balaban J connectivity index is 2.14. The van der Waals surface area contributed by atoms with Crippen molar-refractivity contribution in [3.8, 4) is 0 Å². The van der Waals surface area contributed by atoms with Gasteiger partial charge in [0.05, 0.1) is 0 Å². The number of hydrogen-bond acceptors (Lipinski definition) is 2. The Morgan fingerprint density at radius 1 is 1.47 bits per heavy atom. The van der Waals surface area contributed by atoms with E-state index in [0.29, 0.717) is 12.1 Å². The van der Waals surface area contributed by atoms with Crippen LogP contribution in [0, 0.1) is 5.82 Å². The van der Waals surface area contributed by atoms with Crippen molar-refractivity contribution in [3.05, 3.63) is 35.6 Å². The highest BCUT2D eigenvalue weighted by Crippen LogP contribution is 2.27. The van der Waals surface area contributed by atoms with Gasteiger partial charge in [-0.2, -0.15) is 0 Å². The van der Waals surface area contributed by atoms with Gasteiger partial charge in [-0.05, 0) is 32.3 Å². The van der Waals surface area contributed by atoms with Crippen molar-refractivity contribution in [2.24, 2.45) is 0 Å². The minimum absolute atomic E-state index is 0.0598. The molecule has 1 aromatic carbocycles. The molecule has 0 unspecified atom stereocenters. The van der Waals surface area contributed by atoms with Crippen LogP contribution in [-0.2, 0) is 16.1 Å². The molecular formula is C15H20FNO2. The van der Waals surface area contributed by atoms with Crippen LogP contribution >= 0.6 is 0 Å². The summed E-state index contributed by atoms with van der Waals surface area (Å²) in [5.74, 6) is -0.319. The predicted molar refractivity (Wildman–Crippen MR) is 71.1 cm³/mol. The average molecular weight is 265 g/mol. The summed E-state index contributed by atoms with van der Waals surface area (Å²) in [6.45, 7) is 2.05. The number of benzene rings is 1. The first-order chi connectivity index (χ1) is 9.13.